The molecule has 0 radical (unpaired) electrons. The number of hydrogen-bond donors (Lipinski definition) is 4. The summed E-state index contributed by atoms with van der Waals surface area (Å²) in [4.78, 5) is 12.2. The van der Waals surface area contributed by atoms with E-state index in [0.717, 1.165) is 18.5 Å². The van der Waals surface area contributed by atoms with Gasteiger partial charge in [0.25, 0.3) is 0 Å². The largest absolute Gasteiger partial charge is 0.334 e. The second kappa shape index (κ2) is 13.4. The first-order valence-electron chi connectivity index (χ1n) is 10.4. The maximum Gasteiger partial charge on any atom is 0.319 e. The Labute approximate surface area is 204 Å². The third kappa shape index (κ3) is 9.64. The van der Waals surface area contributed by atoms with E-state index in [4.69, 9.17) is 23.2 Å². The number of hydrogen-bond acceptors (Lipinski definition) is 5. The predicted octanol–water partition coefficient (Wildman–Crippen LogP) is 4.94. The van der Waals surface area contributed by atoms with Gasteiger partial charge in [0.15, 0.2) is 0 Å². The van der Waals surface area contributed by atoms with Crippen LogP contribution in [0.3, 0.4) is 0 Å². The molecule has 1 atom stereocenters. The first-order valence-corrected chi connectivity index (χ1v) is 13.6. The molecule has 0 aliphatic heterocycles. The molecule has 1 heterocycles. The van der Waals surface area contributed by atoms with Crippen LogP contribution in [0.25, 0.3) is 0 Å². The monoisotopic (exact) mass is 520 g/mol. The number of benzene rings is 1. The van der Waals surface area contributed by atoms with Crippen LogP contribution in [0.5, 0.6) is 0 Å². The molecule has 4 N–H and O–H groups in total. The summed E-state index contributed by atoms with van der Waals surface area (Å²) in [6.45, 7) is 5.89. The fourth-order valence-corrected chi connectivity index (χ4v) is 5.51. The molecule has 2 amide bonds. The van der Waals surface area contributed by atoms with Crippen molar-refractivity contribution in [2.24, 2.45) is 5.92 Å². The number of urea groups is 1. The van der Waals surface area contributed by atoms with Crippen molar-refractivity contribution in [1.82, 2.24) is 15.4 Å². The summed E-state index contributed by atoms with van der Waals surface area (Å²) >= 11 is 13.3. The van der Waals surface area contributed by atoms with Crippen molar-refractivity contribution in [2.45, 2.75) is 44.0 Å². The molecule has 0 saturated heterocycles. The quantitative estimate of drug-likeness (QED) is 0.281. The third-order valence-corrected chi connectivity index (χ3v) is 7.38. The standard InChI is InChI=1S/C21H30Cl2N4O3S2/c1-15(2)11-18(27-21(28)26-17-7-10-31-14-17)13-24-8-3-4-9-25-32(29,30)20-6-5-16(22)12-19(20)23/h5-7,10,12,14-15,18,24-25H,3-4,8-9,11,13H2,1-2H3,(H2,26,27,28)/t18-/m0/s1. The second-order valence-corrected chi connectivity index (χ2v) is 11.2. The zero-order valence-electron chi connectivity index (χ0n) is 18.2. The summed E-state index contributed by atoms with van der Waals surface area (Å²) in [5.74, 6) is 0.442. The van der Waals surface area contributed by atoms with Crippen LogP contribution in [0.15, 0.2) is 39.9 Å². The number of nitrogens with one attached hydrogen (secondary N) is 4. The Balaban J connectivity index is 1.68. The van der Waals surface area contributed by atoms with Crippen LogP contribution < -0.4 is 20.7 Å². The van der Waals surface area contributed by atoms with Crippen molar-refractivity contribution in [3.05, 3.63) is 45.1 Å². The van der Waals surface area contributed by atoms with E-state index in [2.05, 4.69) is 34.5 Å². The van der Waals surface area contributed by atoms with Gasteiger partial charge in [0.2, 0.25) is 10.0 Å². The molecular formula is C21H30Cl2N4O3S2. The van der Waals surface area contributed by atoms with Crippen LogP contribution in [-0.4, -0.2) is 40.1 Å². The van der Waals surface area contributed by atoms with Gasteiger partial charge >= 0.3 is 6.03 Å². The van der Waals surface area contributed by atoms with Crippen molar-refractivity contribution in [2.75, 3.05) is 25.0 Å². The molecule has 0 bridgehead atoms. The van der Waals surface area contributed by atoms with Crippen molar-refractivity contribution in [3.63, 3.8) is 0 Å². The molecule has 0 spiro atoms. The maximum absolute atomic E-state index is 12.4. The van der Waals surface area contributed by atoms with Crippen LogP contribution in [-0.2, 0) is 10.0 Å². The summed E-state index contributed by atoms with van der Waals surface area (Å²) in [5, 5.41) is 13.5. The molecule has 32 heavy (non-hydrogen) atoms. The van der Waals surface area contributed by atoms with Crippen molar-refractivity contribution in [3.8, 4) is 0 Å². The predicted molar refractivity (Wildman–Crippen MR) is 133 cm³/mol. The Morgan fingerprint density at radius 3 is 2.53 bits per heavy atom. The van der Waals surface area contributed by atoms with Crippen molar-refractivity contribution < 1.29 is 13.2 Å². The Bertz CT molecular complexity index is 954. The number of unbranched alkanes of at least 4 members (excludes halogenated alkanes) is 1. The first kappa shape index (κ1) is 26.9. The lowest BCUT2D eigenvalue weighted by Crippen LogP contribution is -2.44. The van der Waals surface area contributed by atoms with E-state index in [-0.39, 0.29) is 22.0 Å². The molecule has 11 heteroatoms. The maximum atomic E-state index is 12.4. The van der Waals surface area contributed by atoms with Gasteiger partial charge in [-0.25, -0.2) is 17.9 Å². The fraction of sp³-hybridized carbons (Fsp3) is 0.476. The number of amides is 2. The Kier molecular flexibility index (Phi) is 11.2. The van der Waals surface area contributed by atoms with Gasteiger partial charge in [-0.1, -0.05) is 37.0 Å². The van der Waals surface area contributed by atoms with Crippen LogP contribution in [0, 0.1) is 5.92 Å². The zero-order chi connectivity index (χ0) is 23.6. The van der Waals surface area contributed by atoms with E-state index in [1.54, 1.807) is 0 Å². The average molecular weight is 522 g/mol. The average Bonchev–Trinajstić information content (AvgIpc) is 3.19. The van der Waals surface area contributed by atoms with Gasteiger partial charge in [0, 0.05) is 29.5 Å². The second-order valence-electron chi connectivity index (χ2n) is 7.82. The summed E-state index contributed by atoms with van der Waals surface area (Å²) < 4.78 is 27.3. The highest BCUT2D eigenvalue weighted by atomic mass is 35.5. The molecule has 0 aliphatic rings. The lowest BCUT2D eigenvalue weighted by Gasteiger charge is -2.21. The first-order chi connectivity index (χ1) is 15.2. The molecule has 0 fully saturated rings. The highest BCUT2D eigenvalue weighted by molar-refractivity contribution is 7.89. The number of rotatable bonds is 13. The SMILES string of the molecule is CC(C)C[C@@H](CNCCCCNS(=O)(=O)c1ccc(Cl)cc1Cl)NC(=O)Nc1ccsc1. The summed E-state index contributed by atoms with van der Waals surface area (Å²) in [6, 6.07) is 5.93. The van der Waals surface area contributed by atoms with E-state index in [9.17, 15) is 13.2 Å². The molecule has 0 unspecified atom stereocenters. The number of sulfonamides is 1. The summed E-state index contributed by atoms with van der Waals surface area (Å²) in [7, 11) is -3.68. The van der Waals surface area contributed by atoms with Gasteiger partial charge in [0.1, 0.15) is 4.90 Å². The van der Waals surface area contributed by atoms with Crippen LogP contribution in [0.4, 0.5) is 10.5 Å². The topological polar surface area (TPSA) is 99.3 Å². The number of thiophene rings is 1. The molecule has 2 rings (SSSR count). The van der Waals surface area contributed by atoms with Gasteiger partial charge in [-0.05, 0) is 61.4 Å². The lowest BCUT2D eigenvalue weighted by molar-refractivity contribution is 0.246. The number of anilines is 1. The van der Waals surface area contributed by atoms with Crippen LogP contribution >= 0.6 is 34.5 Å². The van der Waals surface area contributed by atoms with Crippen LogP contribution in [0.1, 0.15) is 33.1 Å². The van der Waals surface area contributed by atoms with Gasteiger partial charge < -0.3 is 16.0 Å². The molecule has 7 nitrogen and oxygen atoms in total. The molecule has 0 saturated carbocycles. The minimum absolute atomic E-state index is 0.000755. The van der Waals surface area contributed by atoms with Crippen molar-refractivity contribution >= 4 is 56.3 Å². The normalized spacial score (nSPS) is 12.7. The molecule has 2 aromatic rings. The zero-order valence-corrected chi connectivity index (χ0v) is 21.3. The van der Waals surface area contributed by atoms with Gasteiger partial charge in [0.05, 0.1) is 10.7 Å². The summed E-state index contributed by atoms with van der Waals surface area (Å²) in [5.41, 5.74) is 0.783. The Morgan fingerprint density at radius 2 is 1.88 bits per heavy atom. The number of halogens is 2. The van der Waals surface area contributed by atoms with E-state index in [1.807, 2.05) is 16.8 Å². The van der Waals surface area contributed by atoms with E-state index < -0.39 is 10.0 Å². The lowest BCUT2D eigenvalue weighted by atomic mass is 10.0. The smallest absolute Gasteiger partial charge is 0.319 e. The number of carbonyl (C=O) groups is 1. The van der Waals surface area contributed by atoms with Crippen molar-refractivity contribution in [1.29, 1.82) is 0 Å². The molecule has 178 valence electrons. The minimum atomic E-state index is -3.68. The molecule has 1 aromatic carbocycles. The van der Waals surface area contributed by atoms with Gasteiger partial charge in [-0.2, -0.15) is 11.3 Å². The van der Waals surface area contributed by atoms with E-state index in [1.165, 1.54) is 29.5 Å². The number of carbonyl (C=O) groups excluding carboxylic acids is 1. The van der Waals surface area contributed by atoms with Gasteiger partial charge in [-0.15, -0.1) is 0 Å². The Morgan fingerprint density at radius 1 is 1.12 bits per heavy atom. The summed E-state index contributed by atoms with van der Waals surface area (Å²) in [6.07, 6.45) is 2.30. The highest BCUT2D eigenvalue weighted by Crippen LogP contribution is 2.24. The third-order valence-electron chi connectivity index (χ3n) is 4.52. The highest BCUT2D eigenvalue weighted by Gasteiger charge is 2.17. The molecule has 1 aromatic heterocycles. The van der Waals surface area contributed by atoms with Gasteiger partial charge in [-0.3, -0.25) is 0 Å². The molecule has 0 aliphatic carbocycles. The fourth-order valence-electron chi connectivity index (χ4n) is 3.08. The van der Waals surface area contributed by atoms with E-state index >= 15 is 0 Å². The minimum Gasteiger partial charge on any atom is -0.334 e. The Hall–Kier alpha value is -1.36. The van der Waals surface area contributed by atoms with E-state index in [0.29, 0.717) is 37.0 Å². The van der Waals surface area contributed by atoms with Crippen LogP contribution in [0.2, 0.25) is 10.0 Å². The molecular weight excluding hydrogens is 491 g/mol.